The molecule has 1 heterocycles. The number of nitro benzene ring substituents is 1. The summed E-state index contributed by atoms with van der Waals surface area (Å²) in [5.41, 5.74) is 1.22. The molecule has 0 unspecified atom stereocenters. The molecule has 1 aromatic carbocycles. The SMILES string of the molecule is CCn1cncc1COc1ccc([N+](=O)[O-])cc1[C@@H](C)O. The van der Waals surface area contributed by atoms with Crippen LogP contribution in [0.1, 0.15) is 31.2 Å². The van der Waals surface area contributed by atoms with Gasteiger partial charge in [0, 0.05) is 24.2 Å². The first kappa shape index (κ1) is 15.0. The predicted molar refractivity (Wildman–Crippen MR) is 76.0 cm³/mol. The number of non-ortho nitro benzene ring substituents is 1. The van der Waals surface area contributed by atoms with Crippen LogP contribution in [0.15, 0.2) is 30.7 Å². The van der Waals surface area contributed by atoms with Gasteiger partial charge < -0.3 is 14.4 Å². The number of aryl methyl sites for hydroxylation is 1. The number of nitrogens with zero attached hydrogens (tertiary/aromatic N) is 3. The minimum Gasteiger partial charge on any atom is -0.487 e. The Kier molecular flexibility index (Phi) is 4.54. The van der Waals surface area contributed by atoms with Crippen LogP contribution in [0.3, 0.4) is 0 Å². The summed E-state index contributed by atoms with van der Waals surface area (Å²) in [6.45, 7) is 4.61. The fraction of sp³-hybridized carbons (Fsp3) is 0.357. The Morgan fingerprint density at radius 2 is 2.29 bits per heavy atom. The molecule has 0 bridgehead atoms. The van der Waals surface area contributed by atoms with Gasteiger partial charge in [-0.2, -0.15) is 0 Å². The standard InChI is InChI=1S/C14H17N3O4/c1-3-16-9-15-7-12(16)8-21-14-5-4-11(17(19)20)6-13(14)10(2)18/h4-7,9-10,18H,3,8H2,1-2H3/t10-/m1/s1. The smallest absolute Gasteiger partial charge is 0.270 e. The van der Waals surface area contributed by atoms with Gasteiger partial charge in [-0.05, 0) is 19.9 Å². The van der Waals surface area contributed by atoms with E-state index in [0.717, 1.165) is 12.2 Å². The van der Waals surface area contributed by atoms with Gasteiger partial charge in [0.2, 0.25) is 0 Å². The lowest BCUT2D eigenvalue weighted by molar-refractivity contribution is -0.385. The number of ether oxygens (including phenoxy) is 1. The number of aromatic nitrogens is 2. The van der Waals surface area contributed by atoms with Gasteiger partial charge in [-0.3, -0.25) is 10.1 Å². The number of nitro groups is 1. The van der Waals surface area contributed by atoms with Crippen LogP contribution in [0.25, 0.3) is 0 Å². The largest absolute Gasteiger partial charge is 0.487 e. The summed E-state index contributed by atoms with van der Waals surface area (Å²) in [5.74, 6) is 0.430. The Balaban J connectivity index is 2.21. The predicted octanol–water partition coefficient (Wildman–Crippen LogP) is 2.44. The number of hydrogen-bond donors (Lipinski definition) is 1. The van der Waals surface area contributed by atoms with Crippen molar-refractivity contribution in [3.63, 3.8) is 0 Å². The molecule has 7 heteroatoms. The molecule has 0 saturated carbocycles. The molecule has 112 valence electrons. The fourth-order valence-corrected chi connectivity index (χ4v) is 2.01. The molecule has 0 amide bonds. The Hall–Kier alpha value is -2.41. The normalized spacial score (nSPS) is 12.1. The summed E-state index contributed by atoms with van der Waals surface area (Å²) >= 11 is 0. The van der Waals surface area contributed by atoms with Crippen molar-refractivity contribution >= 4 is 5.69 Å². The first-order chi connectivity index (χ1) is 10.0. The van der Waals surface area contributed by atoms with Gasteiger partial charge in [-0.25, -0.2) is 4.98 Å². The molecule has 0 saturated heterocycles. The summed E-state index contributed by atoms with van der Waals surface area (Å²) in [5, 5.41) is 20.5. The molecule has 1 atom stereocenters. The maximum absolute atomic E-state index is 10.8. The monoisotopic (exact) mass is 291 g/mol. The van der Waals surface area contributed by atoms with Crippen LogP contribution in [0.2, 0.25) is 0 Å². The van der Waals surface area contributed by atoms with Gasteiger partial charge in [0.25, 0.3) is 5.69 Å². The van der Waals surface area contributed by atoms with E-state index in [1.54, 1.807) is 19.4 Å². The second-order valence-corrected chi connectivity index (χ2v) is 4.61. The molecule has 0 fully saturated rings. The van der Waals surface area contributed by atoms with Crippen molar-refractivity contribution in [2.75, 3.05) is 0 Å². The highest BCUT2D eigenvalue weighted by molar-refractivity contribution is 5.44. The number of aliphatic hydroxyl groups excluding tert-OH is 1. The van der Waals surface area contributed by atoms with Crippen molar-refractivity contribution in [3.8, 4) is 5.75 Å². The topological polar surface area (TPSA) is 90.4 Å². The van der Waals surface area contributed by atoms with Crippen molar-refractivity contribution in [2.45, 2.75) is 33.1 Å². The van der Waals surface area contributed by atoms with E-state index in [1.807, 2.05) is 11.5 Å². The van der Waals surface area contributed by atoms with E-state index in [0.29, 0.717) is 11.3 Å². The van der Waals surface area contributed by atoms with Gasteiger partial charge in [0.1, 0.15) is 12.4 Å². The summed E-state index contributed by atoms with van der Waals surface area (Å²) in [6.07, 6.45) is 2.57. The Labute approximate surface area is 122 Å². The third kappa shape index (κ3) is 3.38. The van der Waals surface area contributed by atoms with E-state index in [9.17, 15) is 15.2 Å². The van der Waals surface area contributed by atoms with E-state index >= 15 is 0 Å². The highest BCUT2D eigenvalue weighted by Gasteiger charge is 2.15. The van der Waals surface area contributed by atoms with E-state index in [1.165, 1.54) is 18.2 Å². The van der Waals surface area contributed by atoms with E-state index in [-0.39, 0.29) is 12.3 Å². The molecule has 2 rings (SSSR count). The lowest BCUT2D eigenvalue weighted by Crippen LogP contribution is -2.06. The molecule has 0 spiro atoms. The third-order valence-electron chi connectivity index (χ3n) is 3.17. The molecule has 0 aliphatic heterocycles. The molecular formula is C14H17N3O4. The van der Waals surface area contributed by atoms with Crippen LogP contribution in [-0.2, 0) is 13.2 Å². The number of hydrogen-bond acceptors (Lipinski definition) is 5. The number of rotatable bonds is 6. The minimum atomic E-state index is -0.851. The molecule has 2 aromatic rings. The van der Waals surface area contributed by atoms with E-state index < -0.39 is 11.0 Å². The summed E-state index contributed by atoms with van der Waals surface area (Å²) < 4.78 is 7.61. The molecule has 0 radical (unpaired) electrons. The van der Waals surface area contributed by atoms with Crippen molar-refractivity contribution in [3.05, 3.63) is 52.1 Å². The maximum Gasteiger partial charge on any atom is 0.270 e. The average molecular weight is 291 g/mol. The lowest BCUT2D eigenvalue weighted by Gasteiger charge is -2.13. The van der Waals surface area contributed by atoms with Crippen LogP contribution < -0.4 is 4.74 Å². The molecule has 1 N–H and O–H groups in total. The maximum atomic E-state index is 10.8. The summed E-state index contributed by atoms with van der Waals surface area (Å²) in [7, 11) is 0. The quantitative estimate of drug-likeness (QED) is 0.652. The first-order valence-corrected chi connectivity index (χ1v) is 6.61. The number of benzene rings is 1. The molecule has 0 aliphatic rings. The minimum absolute atomic E-state index is 0.0724. The highest BCUT2D eigenvalue weighted by Crippen LogP contribution is 2.29. The zero-order valence-electron chi connectivity index (χ0n) is 11.9. The molecule has 7 nitrogen and oxygen atoms in total. The number of imidazole rings is 1. The second-order valence-electron chi connectivity index (χ2n) is 4.61. The van der Waals surface area contributed by atoms with Crippen LogP contribution in [0.5, 0.6) is 5.75 Å². The zero-order valence-corrected chi connectivity index (χ0v) is 11.9. The van der Waals surface area contributed by atoms with E-state index in [4.69, 9.17) is 4.74 Å². The first-order valence-electron chi connectivity index (χ1n) is 6.61. The Morgan fingerprint density at radius 1 is 1.52 bits per heavy atom. The number of aliphatic hydroxyl groups is 1. The second kappa shape index (κ2) is 6.36. The van der Waals surface area contributed by atoms with Gasteiger partial charge in [0.05, 0.1) is 29.2 Å². The lowest BCUT2D eigenvalue weighted by atomic mass is 10.1. The van der Waals surface area contributed by atoms with Crippen molar-refractivity contribution in [1.29, 1.82) is 0 Å². The van der Waals surface area contributed by atoms with Crippen LogP contribution >= 0.6 is 0 Å². The van der Waals surface area contributed by atoms with Gasteiger partial charge in [-0.1, -0.05) is 0 Å². The van der Waals surface area contributed by atoms with Crippen LogP contribution in [0, 0.1) is 10.1 Å². The van der Waals surface area contributed by atoms with Gasteiger partial charge in [0.15, 0.2) is 0 Å². The van der Waals surface area contributed by atoms with Gasteiger partial charge >= 0.3 is 0 Å². The molecular weight excluding hydrogens is 274 g/mol. The average Bonchev–Trinajstić information content (AvgIpc) is 2.92. The van der Waals surface area contributed by atoms with Gasteiger partial charge in [-0.15, -0.1) is 0 Å². The van der Waals surface area contributed by atoms with Crippen LogP contribution in [0.4, 0.5) is 5.69 Å². The highest BCUT2D eigenvalue weighted by atomic mass is 16.6. The van der Waals surface area contributed by atoms with Crippen molar-refractivity contribution in [1.82, 2.24) is 9.55 Å². The summed E-state index contributed by atoms with van der Waals surface area (Å²) in [6, 6.07) is 4.20. The molecule has 1 aromatic heterocycles. The van der Waals surface area contributed by atoms with Crippen LogP contribution in [-0.4, -0.2) is 19.6 Å². The fourth-order valence-electron chi connectivity index (χ4n) is 2.01. The Morgan fingerprint density at radius 3 is 2.90 bits per heavy atom. The molecule has 21 heavy (non-hydrogen) atoms. The zero-order chi connectivity index (χ0) is 15.4. The van der Waals surface area contributed by atoms with Crippen molar-refractivity contribution < 1.29 is 14.8 Å². The van der Waals surface area contributed by atoms with E-state index in [2.05, 4.69) is 4.98 Å². The van der Waals surface area contributed by atoms with Crippen molar-refractivity contribution in [2.24, 2.45) is 0 Å². The summed E-state index contributed by atoms with van der Waals surface area (Å²) in [4.78, 5) is 14.3. The Bertz CT molecular complexity index is 637. The molecule has 0 aliphatic carbocycles. The third-order valence-corrected chi connectivity index (χ3v) is 3.17.